The van der Waals surface area contributed by atoms with Gasteiger partial charge in [-0.3, -0.25) is 9.88 Å². The van der Waals surface area contributed by atoms with Crippen LogP contribution in [-0.2, 0) is 16.1 Å². The summed E-state index contributed by atoms with van der Waals surface area (Å²) in [6.07, 6.45) is 1.72. The van der Waals surface area contributed by atoms with E-state index in [9.17, 15) is 9.59 Å². The highest BCUT2D eigenvalue weighted by molar-refractivity contribution is 5.97. The minimum Gasteiger partial charge on any atom is -0.496 e. The summed E-state index contributed by atoms with van der Waals surface area (Å²) in [4.78, 5) is 31.6. The number of carbonyl (C=O) groups is 2. The van der Waals surface area contributed by atoms with E-state index >= 15 is 0 Å². The van der Waals surface area contributed by atoms with Crippen molar-refractivity contribution in [3.63, 3.8) is 0 Å². The van der Waals surface area contributed by atoms with Gasteiger partial charge in [0.05, 0.1) is 43.3 Å². The molecule has 0 aliphatic carbocycles. The van der Waals surface area contributed by atoms with Gasteiger partial charge in [0.25, 0.3) is 0 Å². The molecule has 1 aromatic heterocycles. The third kappa shape index (κ3) is 3.69. The van der Waals surface area contributed by atoms with Crippen molar-refractivity contribution in [3.8, 4) is 11.5 Å². The average Bonchev–Trinajstić information content (AvgIpc) is 3.14. The number of aryl methyl sites for hydroxylation is 1. The number of ether oxygens (including phenoxy) is 3. The highest BCUT2D eigenvalue weighted by Gasteiger charge is 2.42. The minimum absolute atomic E-state index is 0.0527. The Labute approximate surface area is 180 Å². The molecule has 0 fully saturated rings. The summed E-state index contributed by atoms with van der Waals surface area (Å²) in [5.41, 5.74) is 4.27. The van der Waals surface area contributed by atoms with Crippen molar-refractivity contribution >= 4 is 12.0 Å². The zero-order chi connectivity index (χ0) is 22.1. The normalized spacial score (nSPS) is 17.9. The molecule has 0 spiro atoms. The summed E-state index contributed by atoms with van der Waals surface area (Å²) in [5.74, 6) is 1.04. The molecular weight excluding hydrogens is 398 g/mol. The first-order chi connectivity index (χ1) is 14.9. The third-order valence-electron chi connectivity index (χ3n) is 5.58. The highest BCUT2D eigenvalue weighted by Crippen LogP contribution is 2.36. The number of amides is 2. The number of pyridine rings is 1. The van der Waals surface area contributed by atoms with Crippen LogP contribution >= 0.6 is 0 Å². The SMILES string of the molecule is CCOc1ccc([C@@H]2NC(=O)N(Cc3ncc(C)c(OC)c3C)C3=C2C(=O)OC3)cc1. The van der Waals surface area contributed by atoms with Gasteiger partial charge in [-0.2, -0.15) is 0 Å². The van der Waals surface area contributed by atoms with E-state index in [1.54, 1.807) is 13.3 Å². The van der Waals surface area contributed by atoms with Crippen LogP contribution in [0.2, 0.25) is 0 Å². The van der Waals surface area contributed by atoms with Gasteiger partial charge in [-0.1, -0.05) is 12.1 Å². The molecule has 2 aliphatic heterocycles. The molecule has 3 heterocycles. The number of hydrogen-bond acceptors (Lipinski definition) is 6. The van der Waals surface area contributed by atoms with E-state index in [0.717, 1.165) is 28.2 Å². The van der Waals surface area contributed by atoms with Crippen LogP contribution in [0.4, 0.5) is 4.79 Å². The van der Waals surface area contributed by atoms with Gasteiger partial charge in [0.15, 0.2) is 0 Å². The Balaban J connectivity index is 1.69. The molecule has 0 unspecified atom stereocenters. The summed E-state index contributed by atoms with van der Waals surface area (Å²) in [6.45, 7) is 6.56. The Morgan fingerprint density at radius 2 is 1.97 bits per heavy atom. The number of aromatic nitrogens is 1. The minimum atomic E-state index is -0.578. The molecule has 1 N–H and O–H groups in total. The summed E-state index contributed by atoms with van der Waals surface area (Å²) in [7, 11) is 1.61. The molecule has 2 amide bonds. The molecule has 8 nitrogen and oxygen atoms in total. The van der Waals surface area contributed by atoms with Gasteiger partial charge >= 0.3 is 12.0 Å². The molecule has 0 bridgehead atoms. The monoisotopic (exact) mass is 423 g/mol. The van der Waals surface area contributed by atoms with Gasteiger partial charge in [0.1, 0.15) is 18.1 Å². The Bertz CT molecular complexity index is 1060. The standard InChI is InChI=1S/C23H25N3O5/c1-5-30-16-8-6-15(7-9-16)20-19-18(12-31-22(19)27)26(23(28)25-20)11-17-14(3)21(29-4)13(2)10-24-17/h6-10,20H,5,11-12H2,1-4H3,(H,25,28)/t20-/m0/s1. The summed E-state index contributed by atoms with van der Waals surface area (Å²) >= 11 is 0. The lowest BCUT2D eigenvalue weighted by Gasteiger charge is -2.33. The number of esters is 1. The number of nitrogens with one attached hydrogen (secondary N) is 1. The van der Waals surface area contributed by atoms with Crippen LogP contribution in [0.5, 0.6) is 11.5 Å². The highest BCUT2D eigenvalue weighted by atomic mass is 16.5. The van der Waals surface area contributed by atoms with E-state index in [2.05, 4.69) is 10.3 Å². The van der Waals surface area contributed by atoms with Crippen LogP contribution < -0.4 is 14.8 Å². The zero-order valence-electron chi connectivity index (χ0n) is 18.0. The predicted molar refractivity (Wildman–Crippen MR) is 113 cm³/mol. The van der Waals surface area contributed by atoms with Gasteiger partial charge in [-0.15, -0.1) is 0 Å². The van der Waals surface area contributed by atoms with E-state index < -0.39 is 12.0 Å². The van der Waals surface area contributed by atoms with E-state index in [-0.39, 0.29) is 19.2 Å². The summed E-state index contributed by atoms with van der Waals surface area (Å²) < 4.78 is 16.3. The van der Waals surface area contributed by atoms with E-state index in [1.165, 1.54) is 4.90 Å². The van der Waals surface area contributed by atoms with Crippen LogP contribution in [-0.4, -0.2) is 42.2 Å². The van der Waals surface area contributed by atoms with Gasteiger partial charge in [0.2, 0.25) is 0 Å². The van der Waals surface area contributed by atoms with Gasteiger partial charge in [-0.05, 0) is 38.5 Å². The summed E-state index contributed by atoms with van der Waals surface area (Å²) in [6, 6.07) is 6.45. The molecule has 0 radical (unpaired) electrons. The van der Waals surface area contributed by atoms with Gasteiger partial charge in [-0.25, -0.2) is 9.59 Å². The fourth-order valence-electron chi connectivity index (χ4n) is 4.03. The molecule has 1 atom stereocenters. The van der Waals surface area contributed by atoms with Crippen LogP contribution in [0, 0.1) is 13.8 Å². The second-order valence-electron chi connectivity index (χ2n) is 7.45. The van der Waals surface area contributed by atoms with Crippen molar-refractivity contribution < 1.29 is 23.8 Å². The Morgan fingerprint density at radius 3 is 2.65 bits per heavy atom. The second kappa shape index (κ2) is 8.29. The number of rotatable bonds is 6. The van der Waals surface area contributed by atoms with Crippen molar-refractivity contribution in [1.29, 1.82) is 0 Å². The van der Waals surface area contributed by atoms with Crippen LogP contribution in [0.15, 0.2) is 41.7 Å². The number of carbonyl (C=O) groups excluding carboxylic acids is 2. The average molecular weight is 423 g/mol. The van der Waals surface area contributed by atoms with Gasteiger partial charge < -0.3 is 19.5 Å². The lowest BCUT2D eigenvalue weighted by molar-refractivity contribution is -0.136. The predicted octanol–water partition coefficient (Wildman–Crippen LogP) is 3.18. The fraction of sp³-hybridized carbons (Fsp3) is 0.348. The molecule has 31 heavy (non-hydrogen) atoms. The maximum atomic E-state index is 13.1. The van der Waals surface area contributed by atoms with E-state index in [4.69, 9.17) is 14.2 Å². The third-order valence-corrected chi connectivity index (χ3v) is 5.58. The number of hydrogen-bond donors (Lipinski definition) is 1. The molecule has 162 valence electrons. The molecule has 0 saturated carbocycles. The lowest BCUT2D eigenvalue weighted by atomic mass is 9.95. The van der Waals surface area contributed by atoms with Crippen LogP contribution in [0.1, 0.15) is 35.3 Å². The van der Waals surface area contributed by atoms with Crippen molar-refractivity contribution in [3.05, 3.63) is 64.1 Å². The number of cyclic esters (lactones) is 1. The van der Waals surface area contributed by atoms with Crippen molar-refractivity contribution in [1.82, 2.24) is 15.2 Å². The first kappa shape index (κ1) is 20.7. The quantitative estimate of drug-likeness (QED) is 0.718. The maximum absolute atomic E-state index is 13.1. The number of nitrogens with zero attached hydrogens (tertiary/aromatic N) is 2. The topological polar surface area (TPSA) is 90.0 Å². The fourth-order valence-corrected chi connectivity index (χ4v) is 4.03. The Kier molecular flexibility index (Phi) is 5.54. The van der Waals surface area contributed by atoms with E-state index in [1.807, 2.05) is 45.0 Å². The molecule has 2 aliphatic rings. The zero-order valence-corrected chi connectivity index (χ0v) is 18.0. The van der Waals surface area contributed by atoms with Gasteiger partial charge in [0, 0.05) is 17.3 Å². The molecule has 8 heteroatoms. The van der Waals surface area contributed by atoms with Crippen LogP contribution in [0.3, 0.4) is 0 Å². The van der Waals surface area contributed by atoms with Crippen LogP contribution in [0.25, 0.3) is 0 Å². The second-order valence-corrected chi connectivity index (χ2v) is 7.45. The smallest absolute Gasteiger partial charge is 0.338 e. The number of benzene rings is 1. The lowest BCUT2D eigenvalue weighted by Crippen LogP contribution is -2.47. The van der Waals surface area contributed by atoms with E-state index in [0.29, 0.717) is 23.6 Å². The first-order valence-electron chi connectivity index (χ1n) is 10.1. The molecule has 4 rings (SSSR count). The largest absolute Gasteiger partial charge is 0.496 e. The summed E-state index contributed by atoms with van der Waals surface area (Å²) in [5, 5.41) is 2.94. The van der Waals surface area contributed by atoms with Crippen molar-refractivity contribution in [2.45, 2.75) is 33.4 Å². The molecule has 1 aromatic carbocycles. The maximum Gasteiger partial charge on any atom is 0.338 e. The Hall–Kier alpha value is -3.55. The molecule has 0 saturated heterocycles. The molecule has 2 aromatic rings. The molecular formula is C23H25N3O5. The Morgan fingerprint density at radius 1 is 1.23 bits per heavy atom. The van der Waals surface area contributed by atoms with Crippen molar-refractivity contribution in [2.75, 3.05) is 20.3 Å². The van der Waals surface area contributed by atoms with Crippen molar-refractivity contribution in [2.24, 2.45) is 0 Å². The number of methoxy groups -OCH3 is 1. The number of urea groups is 1. The first-order valence-corrected chi connectivity index (χ1v) is 10.1.